The van der Waals surface area contributed by atoms with Gasteiger partial charge in [0.2, 0.25) is 5.91 Å². The summed E-state index contributed by atoms with van der Waals surface area (Å²) in [7, 11) is -5.25. The maximum absolute atomic E-state index is 12.1. The molecule has 1 N–H and O–H groups in total. The van der Waals surface area contributed by atoms with Crippen molar-refractivity contribution < 1.29 is 102 Å². The summed E-state index contributed by atoms with van der Waals surface area (Å²) in [6, 6.07) is 0. The molecule has 0 unspecified atom stereocenters. The molecule has 0 aromatic heterocycles. The van der Waals surface area contributed by atoms with E-state index in [1.165, 1.54) is 32.6 Å². The molecule has 0 rings (SSSR count). The van der Waals surface area contributed by atoms with Crippen LogP contribution >= 0.6 is 7.82 Å². The van der Waals surface area contributed by atoms with E-state index in [1.807, 2.05) is 0 Å². The number of hydrogen-bond donors (Lipinski definition) is 1. The van der Waals surface area contributed by atoms with E-state index in [4.69, 9.17) is 9.47 Å². The summed E-state index contributed by atoms with van der Waals surface area (Å²) in [5, 5.41) is 2.75. The van der Waals surface area contributed by atoms with E-state index in [0.29, 0.717) is 19.4 Å². The van der Waals surface area contributed by atoms with Crippen molar-refractivity contribution in [3.8, 4) is 0 Å². The maximum atomic E-state index is 12.1. The summed E-state index contributed by atoms with van der Waals surface area (Å²) in [4.78, 5) is 56.5. The zero-order valence-corrected chi connectivity index (χ0v) is 29.0. The molecular formula is C25H46NNa2O9P. The number of nitrogens with one attached hydrogen (secondary N) is 1. The average Bonchev–Trinajstić information content (AvgIpc) is 2.80. The summed E-state index contributed by atoms with van der Waals surface area (Å²) < 4.78 is 25.3. The molecule has 0 aromatic rings. The fourth-order valence-corrected chi connectivity index (χ4v) is 3.91. The average molecular weight is 582 g/mol. The Balaban J connectivity index is -0.00000612. The fourth-order valence-electron chi connectivity index (χ4n) is 3.56. The van der Waals surface area contributed by atoms with Crippen LogP contribution in [0.2, 0.25) is 0 Å². The van der Waals surface area contributed by atoms with Crippen molar-refractivity contribution in [3.05, 3.63) is 0 Å². The van der Waals surface area contributed by atoms with Crippen molar-refractivity contribution >= 4 is 25.7 Å². The number of rotatable bonds is 24. The first-order valence-electron chi connectivity index (χ1n) is 13.4. The minimum absolute atomic E-state index is 0. The van der Waals surface area contributed by atoms with E-state index >= 15 is 0 Å². The fraction of sp³-hybridized carbons (Fsp3) is 0.880. The van der Waals surface area contributed by atoms with Gasteiger partial charge in [0.05, 0.1) is 14.4 Å². The third kappa shape index (κ3) is 32.7. The zero-order valence-electron chi connectivity index (χ0n) is 24.1. The van der Waals surface area contributed by atoms with E-state index in [9.17, 15) is 28.7 Å². The van der Waals surface area contributed by atoms with Crippen LogP contribution in [0.3, 0.4) is 0 Å². The standard InChI is InChI=1S/C25H48NO9P.2Na/c1-3-4-5-6-7-8-12-15-18-25(29)35-23(21-34-36(30,31)32)20-33-24(28)17-14-11-9-10-13-16-19-26-22(2)27;;/h23H,3-21H2,1-2H3,(H,26,27)(H2,30,31,32);;/q;2*+1/p-2/t23-;;/m0../s1. The number of amides is 1. The molecule has 1 atom stereocenters. The van der Waals surface area contributed by atoms with Crippen LogP contribution in [0.25, 0.3) is 0 Å². The van der Waals surface area contributed by atoms with Crippen LogP contribution in [0.4, 0.5) is 0 Å². The van der Waals surface area contributed by atoms with Gasteiger partial charge in [-0.1, -0.05) is 77.6 Å². The van der Waals surface area contributed by atoms with Crippen molar-refractivity contribution in [1.29, 1.82) is 0 Å². The minimum Gasteiger partial charge on any atom is -0.790 e. The van der Waals surface area contributed by atoms with E-state index in [-0.39, 0.29) is 84.5 Å². The Kier molecular flexibility index (Phi) is 32.8. The number of carbonyl (C=O) groups is 3. The first kappa shape index (κ1) is 43.0. The number of phosphoric ester groups is 1. The van der Waals surface area contributed by atoms with Crippen molar-refractivity contribution in [2.45, 2.75) is 123 Å². The van der Waals surface area contributed by atoms with E-state index < -0.39 is 32.5 Å². The van der Waals surface area contributed by atoms with E-state index in [0.717, 1.165) is 51.4 Å². The predicted octanol–water partition coefficient (Wildman–Crippen LogP) is -2.31. The molecule has 0 bridgehead atoms. The van der Waals surface area contributed by atoms with Crippen molar-refractivity contribution in [3.63, 3.8) is 0 Å². The Morgan fingerprint density at radius 3 is 1.71 bits per heavy atom. The number of hydrogen-bond acceptors (Lipinski definition) is 9. The topological polar surface area (TPSA) is 154 Å². The maximum Gasteiger partial charge on any atom is 1.00 e. The molecule has 0 saturated carbocycles. The number of carbonyl (C=O) groups excluding carboxylic acids is 3. The molecule has 10 nitrogen and oxygen atoms in total. The quantitative estimate of drug-likeness (QED) is 0.0573. The smallest absolute Gasteiger partial charge is 0.790 e. The van der Waals surface area contributed by atoms with Crippen LogP contribution in [-0.2, 0) is 32.9 Å². The van der Waals surface area contributed by atoms with Crippen LogP contribution < -0.4 is 74.2 Å². The molecule has 0 fully saturated rings. The Morgan fingerprint density at radius 2 is 1.21 bits per heavy atom. The number of phosphoric acid groups is 1. The van der Waals surface area contributed by atoms with Gasteiger partial charge in [0.25, 0.3) is 0 Å². The first-order valence-corrected chi connectivity index (χ1v) is 14.9. The van der Waals surface area contributed by atoms with Crippen molar-refractivity contribution in [2.75, 3.05) is 19.8 Å². The van der Waals surface area contributed by atoms with Crippen LogP contribution in [0.15, 0.2) is 0 Å². The third-order valence-electron chi connectivity index (χ3n) is 5.56. The molecule has 0 aromatic carbocycles. The normalized spacial score (nSPS) is 11.6. The third-order valence-corrected chi connectivity index (χ3v) is 6.03. The van der Waals surface area contributed by atoms with Gasteiger partial charge < -0.3 is 33.7 Å². The molecule has 0 radical (unpaired) electrons. The largest absolute Gasteiger partial charge is 1.00 e. The monoisotopic (exact) mass is 581 g/mol. The molecule has 0 aliphatic heterocycles. The molecule has 0 aliphatic carbocycles. The Morgan fingerprint density at radius 1 is 0.737 bits per heavy atom. The van der Waals surface area contributed by atoms with Crippen LogP contribution in [-0.4, -0.2) is 43.7 Å². The Bertz CT molecular complexity index is 650. The molecule has 0 aliphatic rings. The zero-order chi connectivity index (χ0) is 27.1. The molecular weight excluding hydrogens is 535 g/mol. The molecule has 38 heavy (non-hydrogen) atoms. The molecule has 0 heterocycles. The summed E-state index contributed by atoms with van der Waals surface area (Å²) in [5.41, 5.74) is 0. The predicted molar refractivity (Wildman–Crippen MR) is 133 cm³/mol. The van der Waals surface area contributed by atoms with Gasteiger partial charge in [-0.2, -0.15) is 0 Å². The van der Waals surface area contributed by atoms with Crippen molar-refractivity contribution in [2.24, 2.45) is 0 Å². The van der Waals surface area contributed by atoms with E-state index in [2.05, 4.69) is 16.8 Å². The van der Waals surface area contributed by atoms with Gasteiger partial charge in [-0.15, -0.1) is 0 Å². The van der Waals surface area contributed by atoms with Gasteiger partial charge in [0.15, 0.2) is 6.10 Å². The van der Waals surface area contributed by atoms with Crippen molar-refractivity contribution in [1.82, 2.24) is 5.32 Å². The number of unbranched alkanes of at least 4 members (excludes halogenated alkanes) is 12. The Labute approximate surface area is 273 Å². The molecule has 0 saturated heterocycles. The molecule has 212 valence electrons. The molecule has 0 spiro atoms. The van der Waals surface area contributed by atoms with E-state index in [1.54, 1.807) is 0 Å². The summed E-state index contributed by atoms with van der Waals surface area (Å²) in [6.45, 7) is 3.28. The van der Waals surface area contributed by atoms with Gasteiger partial charge in [-0.3, -0.25) is 14.4 Å². The SMILES string of the molecule is CCCCCCCCCCC(=O)O[C@@H](COC(=O)CCCCCCCCNC(C)=O)COP(=O)([O-])[O-].[Na+].[Na+]. The second-order valence-corrected chi connectivity index (χ2v) is 10.3. The van der Waals surface area contributed by atoms with Gasteiger partial charge in [-0.25, -0.2) is 0 Å². The number of ether oxygens (including phenoxy) is 2. The summed E-state index contributed by atoms with van der Waals surface area (Å²) >= 11 is 0. The molecule has 1 amide bonds. The van der Waals surface area contributed by atoms with Gasteiger partial charge in [0, 0.05) is 26.3 Å². The second-order valence-electron chi connectivity index (χ2n) is 9.12. The van der Waals surface area contributed by atoms with Gasteiger partial charge >= 0.3 is 71.1 Å². The molecule has 13 heteroatoms. The number of esters is 2. The minimum atomic E-state index is -5.25. The van der Waals surface area contributed by atoms with Crippen LogP contribution in [0, 0.1) is 0 Å². The van der Waals surface area contributed by atoms with Gasteiger partial charge in [0.1, 0.15) is 6.61 Å². The summed E-state index contributed by atoms with van der Waals surface area (Å²) in [5.74, 6) is -1.07. The Hall–Kier alpha value is 0.520. The van der Waals surface area contributed by atoms with Crippen LogP contribution in [0.5, 0.6) is 0 Å². The van der Waals surface area contributed by atoms with Gasteiger partial charge in [-0.05, 0) is 19.3 Å². The van der Waals surface area contributed by atoms with Crippen LogP contribution in [0.1, 0.15) is 117 Å². The second kappa shape index (κ2) is 29.0. The first-order chi connectivity index (χ1) is 17.1. The summed E-state index contributed by atoms with van der Waals surface area (Å²) in [6.07, 6.45) is 13.1.